The Morgan fingerprint density at radius 2 is 0.957 bits per heavy atom. The first kappa shape index (κ1) is 25.2. The van der Waals surface area contributed by atoms with E-state index >= 15 is 0 Å². The van der Waals surface area contributed by atoms with Crippen molar-refractivity contribution >= 4 is 65.2 Å². The molecule has 0 saturated heterocycles. The lowest BCUT2D eigenvalue weighted by Crippen LogP contribution is -1.91. The van der Waals surface area contributed by atoms with Crippen molar-refractivity contribution in [3.63, 3.8) is 0 Å². The van der Waals surface area contributed by atoms with Gasteiger partial charge in [-0.25, -0.2) is 0 Å². The van der Waals surface area contributed by atoms with E-state index in [1.807, 2.05) is 30.3 Å². The fraction of sp³-hybridized carbons (Fsp3) is 0. The quantitative estimate of drug-likeness (QED) is 0.193. The van der Waals surface area contributed by atoms with Crippen molar-refractivity contribution in [2.75, 3.05) is 0 Å². The van der Waals surface area contributed by atoms with Gasteiger partial charge in [-0.3, -0.25) is 0 Å². The van der Waals surface area contributed by atoms with Gasteiger partial charge in [-0.1, -0.05) is 133 Å². The molecule has 0 fully saturated rings. The Labute approximate surface area is 264 Å². The molecule has 214 valence electrons. The van der Waals surface area contributed by atoms with Crippen molar-refractivity contribution in [2.24, 2.45) is 0 Å². The van der Waals surface area contributed by atoms with Gasteiger partial charge in [-0.2, -0.15) is 0 Å². The predicted molar refractivity (Wildman–Crippen MR) is 192 cm³/mol. The number of furan rings is 2. The topological polar surface area (TPSA) is 26.3 Å². The lowest BCUT2D eigenvalue weighted by molar-refractivity contribution is 0.633. The lowest BCUT2D eigenvalue weighted by Gasteiger charge is -2.18. The SMILES string of the molecule is c1ccc(-c2cc3cc(-c4c5ccccc5c(-c5ccc6ccccc6c5)c5ccccc45)c4oc5ccccc5c4c3o2)cc1. The summed E-state index contributed by atoms with van der Waals surface area (Å²) in [4.78, 5) is 0. The molecule has 46 heavy (non-hydrogen) atoms. The number of fused-ring (bicyclic) bond motifs is 8. The molecule has 0 bridgehead atoms. The molecule has 0 saturated carbocycles. The molecule has 0 amide bonds. The standard InChI is InChI=1S/C44H26O2/c1-2-13-28(14-3-1)39-26-31-25-37(44-42(43(31)46-39)36-20-10-11-21-38(36)45-44)41-34-18-8-6-16-32(34)40(33-17-7-9-19-35(33)41)30-23-22-27-12-4-5-15-29(27)24-30/h1-26H. The number of para-hydroxylation sites is 1. The van der Waals surface area contributed by atoms with Gasteiger partial charge in [0.25, 0.3) is 0 Å². The van der Waals surface area contributed by atoms with Crippen molar-refractivity contribution in [3.8, 4) is 33.6 Å². The molecule has 2 nitrogen and oxygen atoms in total. The maximum atomic E-state index is 6.76. The first-order valence-corrected chi connectivity index (χ1v) is 15.7. The molecule has 2 heterocycles. The molecule has 2 aromatic heterocycles. The van der Waals surface area contributed by atoms with Crippen molar-refractivity contribution in [1.82, 2.24) is 0 Å². The Morgan fingerprint density at radius 3 is 1.70 bits per heavy atom. The summed E-state index contributed by atoms with van der Waals surface area (Å²) >= 11 is 0. The van der Waals surface area contributed by atoms with Crippen molar-refractivity contribution < 1.29 is 8.83 Å². The molecule has 0 unspecified atom stereocenters. The number of hydrogen-bond donors (Lipinski definition) is 0. The molecule has 0 atom stereocenters. The van der Waals surface area contributed by atoms with Crippen LogP contribution in [-0.4, -0.2) is 0 Å². The lowest BCUT2D eigenvalue weighted by atomic mass is 9.85. The minimum atomic E-state index is 0.844. The van der Waals surface area contributed by atoms with E-state index in [1.165, 1.54) is 49.0 Å². The van der Waals surface area contributed by atoms with Gasteiger partial charge in [0.05, 0.1) is 5.39 Å². The third-order valence-corrected chi connectivity index (χ3v) is 9.43. The zero-order valence-corrected chi connectivity index (χ0v) is 24.8. The average Bonchev–Trinajstić information content (AvgIpc) is 3.72. The van der Waals surface area contributed by atoms with Crippen LogP contribution in [0, 0.1) is 0 Å². The summed E-state index contributed by atoms with van der Waals surface area (Å²) in [6.45, 7) is 0. The molecular weight excluding hydrogens is 560 g/mol. The molecule has 0 spiro atoms. The van der Waals surface area contributed by atoms with E-state index in [2.05, 4.69) is 127 Å². The Balaban J connectivity index is 1.35. The largest absolute Gasteiger partial charge is 0.455 e. The van der Waals surface area contributed by atoms with Gasteiger partial charge < -0.3 is 8.83 Å². The third kappa shape index (κ3) is 3.65. The van der Waals surface area contributed by atoms with Crippen LogP contribution in [0.4, 0.5) is 0 Å². The Morgan fingerprint density at radius 1 is 0.348 bits per heavy atom. The summed E-state index contributed by atoms with van der Waals surface area (Å²) in [6, 6.07) is 56.0. The van der Waals surface area contributed by atoms with E-state index in [1.54, 1.807) is 0 Å². The van der Waals surface area contributed by atoms with Crippen LogP contribution in [0.15, 0.2) is 167 Å². The van der Waals surface area contributed by atoms with E-state index in [4.69, 9.17) is 8.83 Å². The van der Waals surface area contributed by atoms with Gasteiger partial charge in [-0.05, 0) is 67.7 Å². The van der Waals surface area contributed by atoms with Gasteiger partial charge in [0.2, 0.25) is 0 Å². The van der Waals surface area contributed by atoms with Crippen molar-refractivity contribution in [1.29, 1.82) is 0 Å². The van der Waals surface area contributed by atoms with Gasteiger partial charge in [0.15, 0.2) is 0 Å². The van der Waals surface area contributed by atoms with Crippen LogP contribution in [0.1, 0.15) is 0 Å². The molecule has 0 aliphatic rings. The first-order chi connectivity index (χ1) is 22.8. The molecule has 0 N–H and O–H groups in total. The smallest absolute Gasteiger partial charge is 0.147 e. The maximum Gasteiger partial charge on any atom is 0.147 e. The van der Waals surface area contributed by atoms with E-state index in [0.29, 0.717) is 0 Å². The summed E-state index contributed by atoms with van der Waals surface area (Å²) in [5.74, 6) is 0.848. The van der Waals surface area contributed by atoms with Gasteiger partial charge in [0, 0.05) is 27.5 Å². The van der Waals surface area contributed by atoms with Crippen molar-refractivity contribution in [2.45, 2.75) is 0 Å². The molecular formula is C44H26O2. The van der Waals surface area contributed by atoms with E-state index in [0.717, 1.165) is 49.8 Å². The number of rotatable bonds is 3. The second kappa shape index (κ2) is 9.69. The molecule has 0 aliphatic carbocycles. The molecule has 0 radical (unpaired) electrons. The van der Waals surface area contributed by atoms with E-state index in [-0.39, 0.29) is 0 Å². The van der Waals surface area contributed by atoms with E-state index < -0.39 is 0 Å². The predicted octanol–water partition coefficient (Wildman–Crippen LogP) is 12.8. The van der Waals surface area contributed by atoms with Crippen LogP contribution >= 0.6 is 0 Å². The highest BCUT2D eigenvalue weighted by molar-refractivity contribution is 6.27. The Hall–Kier alpha value is -6.12. The van der Waals surface area contributed by atoms with Crippen LogP contribution in [0.3, 0.4) is 0 Å². The van der Waals surface area contributed by atoms with Crippen molar-refractivity contribution in [3.05, 3.63) is 158 Å². The monoisotopic (exact) mass is 586 g/mol. The molecule has 10 rings (SSSR count). The second-order valence-electron chi connectivity index (χ2n) is 12.0. The highest BCUT2D eigenvalue weighted by Crippen LogP contribution is 2.49. The zero-order chi connectivity index (χ0) is 30.2. The summed E-state index contributed by atoms with van der Waals surface area (Å²) in [5, 5.41) is 10.4. The summed E-state index contributed by atoms with van der Waals surface area (Å²) in [6.07, 6.45) is 0. The zero-order valence-electron chi connectivity index (χ0n) is 24.8. The highest BCUT2D eigenvalue weighted by Gasteiger charge is 2.24. The first-order valence-electron chi connectivity index (χ1n) is 15.7. The Bertz CT molecular complexity index is 2740. The van der Waals surface area contributed by atoms with Crippen LogP contribution in [-0.2, 0) is 0 Å². The normalized spacial score (nSPS) is 11.9. The number of hydrogen-bond acceptors (Lipinski definition) is 2. The van der Waals surface area contributed by atoms with Gasteiger partial charge >= 0.3 is 0 Å². The molecule has 8 aromatic carbocycles. The third-order valence-electron chi connectivity index (χ3n) is 9.43. The van der Waals surface area contributed by atoms with Crippen LogP contribution in [0.5, 0.6) is 0 Å². The van der Waals surface area contributed by atoms with Crippen LogP contribution in [0.25, 0.3) is 98.8 Å². The van der Waals surface area contributed by atoms with Crippen LogP contribution < -0.4 is 0 Å². The molecule has 0 aliphatic heterocycles. The highest BCUT2D eigenvalue weighted by atomic mass is 16.3. The summed E-state index contributed by atoms with van der Waals surface area (Å²) in [7, 11) is 0. The molecule has 2 heteroatoms. The fourth-order valence-electron chi connectivity index (χ4n) is 7.39. The number of benzene rings is 8. The van der Waals surface area contributed by atoms with E-state index in [9.17, 15) is 0 Å². The average molecular weight is 587 g/mol. The Kier molecular flexibility index (Phi) is 5.31. The van der Waals surface area contributed by atoms with Crippen LogP contribution in [0.2, 0.25) is 0 Å². The minimum Gasteiger partial charge on any atom is -0.455 e. The minimum absolute atomic E-state index is 0.844. The second-order valence-corrected chi connectivity index (χ2v) is 12.0. The van der Waals surface area contributed by atoms with Gasteiger partial charge in [0.1, 0.15) is 22.5 Å². The maximum absolute atomic E-state index is 6.76. The fourth-order valence-corrected chi connectivity index (χ4v) is 7.39. The summed E-state index contributed by atoms with van der Waals surface area (Å²) < 4.78 is 13.4. The van der Waals surface area contributed by atoms with Gasteiger partial charge in [-0.15, -0.1) is 0 Å². The molecule has 10 aromatic rings. The summed E-state index contributed by atoms with van der Waals surface area (Å²) in [5.41, 5.74) is 8.30.